The van der Waals surface area contributed by atoms with E-state index < -0.39 is 0 Å². The van der Waals surface area contributed by atoms with Crippen LogP contribution in [0.2, 0.25) is 0 Å². The van der Waals surface area contributed by atoms with Gasteiger partial charge in [0, 0.05) is 36.3 Å². The van der Waals surface area contributed by atoms with Gasteiger partial charge in [-0.25, -0.2) is 4.39 Å². The smallest absolute Gasteiger partial charge is 0.272 e. The second-order valence-corrected chi connectivity index (χ2v) is 6.54. The van der Waals surface area contributed by atoms with Crippen LogP contribution in [0, 0.1) is 12.7 Å². The number of aromatic amines is 1. The van der Waals surface area contributed by atoms with Crippen LogP contribution in [0.5, 0.6) is 0 Å². The van der Waals surface area contributed by atoms with Gasteiger partial charge in [-0.15, -0.1) is 0 Å². The van der Waals surface area contributed by atoms with Crippen LogP contribution in [-0.2, 0) is 13.6 Å². The Hall–Kier alpha value is -3.41. The number of amides is 1. The predicted molar refractivity (Wildman–Crippen MR) is 103 cm³/mol. The Morgan fingerprint density at radius 2 is 2.04 bits per heavy atom. The molecule has 0 unspecified atom stereocenters. The number of aryl methyl sites for hydroxylation is 2. The molecule has 0 aliphatic rings. The van der Waals surface area contributed by atoms with Crippen LogP contribution in [0.1, 0.15) is 21.6 Å². The van der Waals surface area contributed by atoms with Crippen molar-refractivity contribution in [2.75, 3.05) is 0 Å². The minimum atomic E-state index is -0.255. The molecule has 4 aromatic rings. The minimum absolute atomic E-state index is 0.214. The molecule has 0 atom stereocenters. The average molecular weight is 362 g/mol. The fourth-order valence-electron chi connectivity index (χ4n) is 3.23. The summed E-state index contributed by atoms with van der Waals surface area (Å²) in [5.74, 6) is -0.469. The third kappa shape index (κ3) is 3.21. The highest BCUT2D eigenvalue weighted by Gasteiger charge is 2.14. The van der Waals surface area contributed by atoms with Crippen LogP contribution in [0.15, 0.2) is 54.7 Å². The van der Waals surface area contributed by atoms with Gasteiger partial charge in [0.15, 0.2) is 0 Å². The third-order valence-corrected chi connectivity index (χ3v) is 4.67. The lowest BCUT2D eigenvalue weighted by molar-refractivity contribution is 0.0945. The van der Waals surface area contributed by atoms with E-state index in [1.165, 1.54) is 6.07 Å². The number of carbonyl (C=O) groups is 1. The van der Waals surface area contributed by atoms with Crippen LogP contribution in [-0.4, -0.2) is 20.7 Å². The highest BCUT2D eigenvalue weighted by atomic mass is 19.1. The van der Waals surface area contributed by atoms with Crippen LogP contribution >= 0.6 is 0 Å². The normalized spacial score (nSPS) is 11.1. The summed E-state index contributed by atoms with van der Waals surface area (Å²) in [5.41, 5.74) is 4.60. The highest BCUT2D eigenvalue weighted by molar-refractivity contribution is 5.93. The van der Waals surface area contributed by atoms with Crippen molar-refractivity contribution in [2.45, 2.75) is 13.5 Å². The highest BCUT2D eigenvalue weighted by Crippen LogP contribution is 2.31. The Morgan fingerprint density at radius 3 is 2.78 bits per heavy atom. The number of halogens is 1. The number of aromatic nitrogens is 3. The molecule has 0 aliphatic heterocycles. The van der Waals surface area contributed by atoms with Gasteiger partial charge in [-0.05, 0) is 48.4 Å². The standard InChI is InChI=1S/C21H19FN4O/c1-13-16-11-14(12-23-21(27)19-9-10-26(2)25-19)7-8-18(16)24-20(13)15-5-3-4-6-17(15)22/h3-11,24H,12H2,1-2H3,(H,23,27). The lowest BCUT2D eigenvalue weighted by Gasteiger charge is -2.04. The summed E-state index contributed by atoms with van der Waals surface area (Å²) in [6.07, 6.45) is 1.73. The van der Waals surface area contributed by atoms with Gasteiger partial charge in [-0.1, -0.05) is 18.2 Å². The molecule has 6 heteroatoms. The molecule has 27 heavy (non-hydrogen) atoms. The second kappa shape index (κ2) is 6.72. The largest absolute Gasteiger partial charge is 0.354 e. The Balaban J connectivity index is 1.60. The van der Waals surface area contributed by atoms with Crippen molar-refractivity contribution in [2.24, 2.45) is 7.05 Å². The molecule has 0 spiro atoms. The zero-order chi connectivity index (χ0) is 19.0. The molecule has 0 fully saturated rings. The van der Waals surface area contributed by atoms with E-state index in [0.717, 1.165) is 27.7 Å². The van der Waals surface area contributed by atoms with Crippen molar-refractivity contribution in [1.29, 1.82) is 0 Å². The van der Waals surface area contributed by atoms with E-state index in [0.29, 0.717) is 17.8 Å². The number of benzene rings is 2. The summed E-state index contributed by atoms with van der Waals surface area (Å²) in [7, 11) is 1.77. The maximum Gasteiger partial charge on any atom is 0.272 e. The monoisotopic (exact) mass is 362 g/mol. The van der Waals surface area contributed by atoms with E-state index in [2.05, 4.69) is 15.4 Å². The first kappa shape index (κ1) is 17.0. The van der Waals surface area contributed by atoms with Crippen molar-refractivity contribution in [3.8, 4) is 11.3 Å². The van der Waals surface area contributed by atoms with Crippen LogP contribution in [0.25, 0.3) is 22.2 Å². The lowest BCUT2D eigenvalue weighted by Crippen LogP contribution is -2.23. The van der Waals surface area contributed by atoms with E-state index in [4.69, 9.17) is 0 Å². The van der Waals surface area contributed by atoms with Crippen molar-refractivity contribution in [3.05, 3.63) is 77.4 Å². The Labute approximate surface area is 155 Å². The number of nitrogens with zero attached hydrogens (tertiary/aromatic N) is 2. The molecule has 0 saturated carbocycles. The van der Waals surface area contributed by atoms with Crippen LogP contribution in [0.4, 0.5) is 4.39 Å². The predicted octanol–water partition coefficient (Wildman–Crippen LogP) is 3.95. The quantitative estimate of drug-likeness (QED) is 0.577. The first-order valence-corrected chi connectivity index (χ1v) is 8.67. The molecule has 0 bridgehead atoms. The first-order valence-electron chi connectivity index (χ1n) is 8.67. The molecule has 5 nitrogen and oxygen atoms in total. The average Bonchev–Trinajstić information content (AvgIpc) is 3.24. The van der Waals surface area contributed by atoms with Gasteiger partial charge >= 0.3 is 0 Å². The summed E-state index contributed by atoms with van der Waals surface area (Å²) in [6, 6.07) is 14.3. The summed E-state index contributed by atoms with van der Waals surface area (Å²) < 4.78 is 15.8. The molecule has 2 aromatic heterocycles. The number of hydrogen-bond acceptors (Lipinski definition) is 2. The Bertz CT molecular complexity index is 1140. The van der Waals surface area contributed by atoms with Gasteiger partial charge in [-0.2, -0.15) is 5.10 Å². The molecule has 2 heterocycles. The first-order chi connectivity index (χ1) is 13.0. The fourth-order valence-corrected chi connectivity index (χ4v) is 3.23. The number of carbonyl (C=O) groups excluding carboxylic acids is 1. The van der Waals surface area contributed by atoms with Crippen molar-refractivity contribution in [1.82, 2.24) is 20.1 Å². The van der Waals surface area contributed by atoms with E-state index >= 15 is 0 Å². The molecule has 2 aromatic carbocycles. The maximum absolute atomic E-state index is 14.2. The molecule has 0 aliphatic carbocycles. The van der Waals surface area contributed by atoms with Gasteiger partial charge in [0.05, 0.1) is 5.69 Å². The van der Waals surface area contributed by atoms with Gasteiger partial charge in [-0.3, -0.25) is 9.48 Å². The summed E-state index contributed by atoms with van der Waals surface area (Å²) >= 11 is 0. The third-order valence-electron chi connectivity index (χ3n) is 4.67. The van der Waals surface area contributed by atoms with E-state index in [1.807, 2.05) is 31.2 Å². The molecule has 0 radical (unpaired) electrons. The zero-order valence-corrected chi connectivity index (χ0v) is 15.1. The van der Waals surface area contributed by atoms with Gasteiger partial charge in [0.25, 0.3) is 5.91 Å². The maximum atomic E-state index is 14.2. The number of fused-ring (bicyclic) bond motifs is 1. The van der Waals surface area contributed by atoms with E-state index in [9.17, 15) is 9.18 Å². The molecule has 4 rings (SSSR count). The van der Waals surface area contributed by atoms with Crippen LogP contribution in [0.3, 0.4) is 0 Å². The van der Waals surface area contributed by atoms with Gasteiger partial charge in [0.1, 0.15) is 11.5 Å². The number of hydrogen-bond donors (Lipinski definition) is 2. The molecule has 2 N–H and O–H groups in total. The number of H-pyrrole nitrogens is 1. The number of nitrogens with one attached hydrogen (secondary N) is 2. The summed E-state index contributed by atoms with van der Waals surface area (Å²) in [4.78, 5) is 15.5. The molecule has 0 saturated heterocycles. The number of rotatable bonds is 4. The molecule has 1 amide bonds. The molecular formula is C21H19FN4O. The second-order valence-electron chi connectivity index (χ2n) is 6.54. The van der Waals surface area contributed by atoms with Crippen molar-refractivity contribution < 1.29 is 9.18 Å². The minimum Gasteiger partial charge on any atom is -0.354 e. The summed E-state index contributed by atoms with van der Waals surface area (Å²) in [5, 5.41) is 7.98. The van der Waals surface area contributed by atoms with E-state index in [1.54, 1.807) is 36.1 Å². The Morgan fingerprint density at radius 1 is 1.22 bits per heavy atom. The van der Waals surface area contributed by atoms with Crippen molar-refractivity contribution >= 4 is 16.8 Å². The SMILES string of the molecule is Cc1c(-c2ccccc2F)[nH]c2ccc(CNC(=O)c3ccn(C)n3)cc12. The lowest BCUT2D eigenvalue weighted by atomic mass is 10.0. The Kier molecular flexibility index (Phi) is 4.24. The van der Waals surface area contributed by atoms with E-state index in [-0.39, 0.29) is 11.7 Å². The zero-order valence-electron chi connectivity index (χ0n) is 15.1. The molecular weight excluding hydrogens is 343 g/mol. The van der Waals surface area contributed by atoms with Crippen molar-refractivity contribution in [3.63, 3.8) is 0 Å². The van der Waals surface area contributed by atoms with Gasteiger partial charge in [0.2, 0.25) is 0 Å². The fraction of sp³-hybridized carbons (Fsp3) is 0.143. The van der Waals surface area contributed by atoms with Gasteiger partial charge < -0.3 is 10.3 Å². The summed E-state index contributed by atoms with van der Waals surface area (Å²) in [6.45, 7) is 2.36. The molecule has 136 valence electrons. The van der Waals surface area contributed by atoms with Crippen LogP contribution < -0.4 is 5.32 Å². The topological polar surface area (TPSA) is 62.7 Å².